The lowest BCUT2D eigenvalue weighted by Gasteiger charge is -2.39. The molecular weight excluding hydrogens is 618 g/mol. The zero-order valence-electron chi connectivity index (χ0n) is 26.5. The molecule has 4 aromatic carbocycles. The maximum absolute atomic E-state index is 13.7. The molecule has 0 bridgehead atoms. The van der Waals surface area contributed by atoms with Crippen LogP contribution in [0.4, 0.5) is 16.2 Å². The van der Waals surface area contributed by atoms with Crippen LogP contribution in [0.1, 0.15) is 32.6 Å². The van der Waals surface area contributed by atoms with Gasteiger partial charge in [-0.1, -0.05) is 103 Å². The third-order valence-corrected chi connectivity index (χ3v) is 8.33. The van der Waals surface area contributed by atoms with Gasteiger partial charge in [0.15, 0.2) is 0 Å². The lowest BCUT2D eigenvalue weighted by molar-refractivity contribution is -0.143. The van der Waals surface area contributed by atoms with Gasteiger partial charge in [-0.05, 0) is 46.9 Å². The third kappa shape index (κ3) is 6.85. The van der Waals surface area contributed by atoms with Crippen LogP contribution in [0, 0.1) is 0 Å². The van der Waals surface area contributed by atoms with Gasteiger partial charge in [0, 0.05) is 17.8 Å². The minimum absolute atomic E-state index is 0.0483. The van der Waals surface area contributed by atoms with Crippen molar-refractivity contribution in [2.45, 2.75) is 18.0 Å². The number of fused-ring (bicyclic) bond motifs is 1. The van der Waals surface area contributed by atoms with Crippen LogP contribution in [0.3, 0.4) is 0 Å². The van der Waals surface area contributed by atoms with Crippen molar-refractivity contribution in [3.05, 3.63) is 168 Å². The fourth-order valence-electron chi connectivity index (χ4n) is 6.10. The van der Waals surface area contributed by atoms with Crippen molar-refractivity contribution >= 4 is 40.2 Å². The van der Waals surface area contributed by atoms with E-state index in [9.17, 15) is 19.5 Å². The SMILES string of the molecule is COC(=O)[C@H](Cc1ccc(NC(=O)Nc2cnccc2C(=O)O)c2ncccc12)NC(c1ccccc1)(c1ccccc1)c1ccccc1. The molecule has 1 atom stereocenters. The standard InChI is InChI=1S/C39H33N5O5/c1-49-37(47)33(44-39(27-12-5-2-6-13-27,28-14-7-3-8-15-28)29-16-9-4-10-17-29)24-26-19-20-32(35-30(26)18-11-22-41-35)42-38(48)43-34-25-40-23-21-31(34)36(45)46/h2-23,25,33,44H,24H2,1H3,(H,45,46)(H2,42,43,48)/t33-/m0/s1. The molecular formula is C39H33N5O5. The summed E-state index contributed by atoms with van der Waals surface area (Å²) in [5.74, 6) is -1.64. The molecule has 0 fully saturated rings. The van der Waals surface area contributed by atoms with E-state index in [2.05, 4.69) is 25.9 Å². The Morgan fingerprint density at radius 3 is 1.90 bits per heavy atom. The van der Waals surface area contributed by atoms with Gasteiger partial charge in [0.1, 0.15) is 6.04 Å². The smallest absolute Gasteiger partial charge is 0.337 e. The Labute approximate surface area is 282 Å². The van der Waals surface area contributed by atoms with E-state index in [1.807, 2.05) is 103 Å². The van der Waals surface area contributed by atoms with E-state index in [4.69, 9.17) is 4.74 Å². The van der Waals surface area contributed by atoms with Crippen LogP contribution in [0.15, 0.2) is 140 Å². The predicted molar refractivity (Wildman–Crippen MR) is 187 cm³/mol. The van der Waals surface area contributed by atoms with Crippen molar-refractivity contribution in [2.75, 3.05) is 17.7 Å². The summed E-state index contributed by atoms with van der Waals surface area (Å²) in [4.78, 5) is 46.8. The van der Waals surface area contributed by atoms with E-state index in [1.165, 1.54) is 25.6 Å². The molecule has 6 aromatic rings. The van der Waals surface area contributed by atoms with E-state index in [0.29, 0.717) is 16.6 Å². The van der Waals surface area contributed by atoms with Crippen molar-refractivity contribution in [3.8, 4) is 0 Å². The minimum Gasteiger partial charge on any atom is -0.478 e. The Bertz CT molecular complexity index is 2000. The highest BCUT2D eigenvalue weighted by Crippen LogP contribution is 2.38. The number of methoxy groups -OCH3 is 1. The molecule has 0 saturated heterocycles. The second kappa shape index (κ2) is 14.6. The first kappa shape index (κ1) is 32.5. The van der Waals surface area contributed by atoms with Crippen LogP contribution < -0.4 is 16.0 Å². The number of hydrogen-bond donors (Lipinski definition) is 4. The number of aromatic nitrogens is 2. The summed E-state index contributed by atoms with van der Waals surface area (Å²) in [7, 11) is 1.37. The van der Waals surface area contributed by atoms with Gasteiger partial charge >= 0.3 is 18.0 Å². The van der Waals surface area contributed by atoms with Crippen molar-refractivity contribution in [1.29, 1.82) is 0 Å². The summed E-state index contributed by atoms with van der Waals surface area (Å²) >= 11 is 0. The predicted octanol–water partition coefficient (Wildman–Crippen LogP) is 6.64. The molecule has 0 saturated carbocycles. The molecule has 0 aliphatic carbocycles. The molecule has 49 heavy (non-hydrogen) atoms. The number of nitrogens with one attached hydrogen (secondary N) is 3. The number of rotatable bonds is 11. The lowest BCUT2D eigenvalue weighted by atomic mass is 9.76. The summed E-state index contributed by atoms with van der Waals surface area (Å²) in [6.45, 7) is 0. The van der Waals surface area contributed by atoms with Gasteiger partial charge in [0.05, 0.1) is 41.3 Å². The number of carboxylic acid groups (broad SMARTS) is 1. The second-order valence-corrected chi connectivity index (χ2v) is 11.2. The molecule has 0 spiro atoms. The molecule has 0 radical (unpaired) electrons. The van der Waals surface area contributed by atoms with Crippen molar-refractivity contribution in [2.24, 2.45) is 0 Å². The van der Waals surface area contributed by atoms with Crippen LogP contribution in [-0.2, 0) is 21.5 Å². The number of urea groups is 1. The number of carbonyl (C=O) groups is 3. The van der Waals surface area contributed by atoms with Crippen LogP contribution in [0.2, 0.25) is 0 Å². The summed E-state index contributed by atoms with van der Waals surface area (Å²) in [6, 6.07) is 37.0. The molecule has 10 heteroatoms. The largest absolute Gasteiger partial charge is 0.478 e. The van der Waals surface area contributed by atoms with Gasteiger partial charge in [-0.15, -0.1) is 0 Å². The Balaban J connectivity index is 1.38. The molecule has 0 aliphatic heterocycles. The van der Waals surface area contributed by atoms with Crippen molar-refractivity contribution in [1.82, 2.24) is 15.3 Å². The number of esters is 1. The number of anilines is 2. The Kier molecular flexibility index (Phi) is 9.68. The highest BCUT2D eigenvalue weighted by atomic mass is 16.5. The highest BCUT2D eigenvalue weighted by molar-refractivity contribution is 6.08. The van der Waals surface area contributed by atoms with Gasteiger partial charge in [-0.2, -0.15) is 0 Å². The van der Waals surface area contributed by atoms with E-state index < -0.39 is 29.6 Å². The number of ether oxygens (including phenoxy) is 1. The Hall–Kier alpha value is -6.39. The summed E-state index contributed by atoms with van der Waals surface area (Å²) in [5.41, 5.74) is 3.53. The van der Waals surface area contributed by atoms with E-state index in [1.54, 1.807) is 18.3 Å². The van der Waals surface area contributed by atoms with Gasteiger partial charge < -0.3 is 20.5 Å². The first-order chi connectivity index (χ1) is 23.9. The lowest BCUT2D eigenvalue weighted by Crippen LogP contribution is -2.53. The van der Waals surface area contributed by atoms with E-state index in [0.717, 1.165) is 22.3 Å². The van der Waals surface area contributed by atoms with Gasteiger partial charge in [-0.3, -0.25) is 20.1 Å². The average molecular weight is 652 g/mol. The fourth-order valence-corrected chi connectivity index (χ4v) is 6.10. The Morgan fingerprint density at radius 1 is 0.735 bits per heavy atom. The molecule has 10 nitrogen and oxygen atoms in total. The van der Waals surface area contributed by atoms with Crippen molar-refractivity contribution in [3.63, 3.8) is 0 Å². The number of nitrogens with zero attached hydrogens (tertiary/aromatic N) is 2. The molecule has 2 heterocycles. The number of amides is 2. The molecule has 0 unspecified atom stereocenters. The van der Waals surface area contributed by atoms with Gasteiger partial charge in [-0.25, -0.2) is 9.59 Å². The number of aromatic carboxylic acids is 1. The first-order valence-corrected chi connectivity index (χ1v) is 15.5. The van der Waals surface area contributed by atoms with Crippen LogP contribution >= 0.6 is 0 Å². The number of carboxylic acids is 1. The average Bonchev–Trinajstić information content (AvgIpc) is 3.15. The van der Waals surface area contributed by atoms with Crippen LogP contribution in [0.5, 0.6) is 0 Å². The third-order valence-electron chi connectivity index (χ3n) is 8.33. The molecule has 244 valence electrons. The summed E-state index contributed by atoms with van der Waals surface area (Å²) in [5, 5.41) is 19.3. The van der Waals surface area contributed by atoms with Gasteiger partial charge in [0.25, 0.3) is 0 Å². The summed E-state index contributed by atoms with van der Waals surface area (Å²) < 4.78 is 5.38. The first-order valence-electron chi connectivity index (χ1n) is 15.5. The van der Waals surface area contributed by atoms with Crippen LogP contribution in [0.25, 0.3) is 10.9 Å². The van der Waals surface area contributed by atoms with E-state index >= 15 is 0 Å². The normalized spacial score (nSPS) is 11.8. The monoisotopic (exact) mass is 651 g/mol. The number of benzene rings is 4. The van der Waals surface area contributed by atoms with Gasteiger partial charge in [0.2, 0.25) is 0 Å². The van der Waals surface area contributed by atoms with Crippen LogP contribution in [-0.4, -0.2) is 46.2 Å². The minimum atomic E-state index is -1.20. The second-order valence-electron chi connectivity index (χ2n) is 11.2. The fraction of sp³-hybridized carbons (Fsp3) is 0.103. The molecule has 6 rings (SSSR count). The molecule has 2 aromatic heterocycles. The number of hydrogen-bond acceptors (Lipinski definition) is 7. The molecule has 2 amide bonds. The number of pyridine rings is 2. The zero-order valence-corrected chi connectivity index (χ0v) is 26.5. The summed E-state index contributed by atoms with van der Waals surface area (Å²) in [6.07, 6.45) is 4.44. The maximum Gasteiger partial charge on any atom is 0.337 e. The quantitative estimate of drug-likeness (QED) is 0.0903. The van der Waals surface area contributed by atoms with E-state index in [-0.39, 0.29) is 17.7 Å². The number of carbonyl (C=O) groups excluding carboxylic acids is 2. The van der Waals surface area contributed by atoms with Crippen molar-refractivity contribution < 1.29 is 24.2 Å². The topological polar surface area (TPSA) is 143 Å². The maximum atomic E-state index is 13.7. The molecule has 4 N–H and O–H groups in total. The Morgan fingerprint density at radius 2 is 1.33 bits per heavy atom. The highest BCUT2D eigenvalue weighted by Gasteiger charge is 2.40. The zero-order chi connectivity index (χ0) is 34.2. The molecule has 0 aliphatic rings.